The fourth-order valence-corrected chi connectivity index (χ4v) is 5.00. The Kier molecular flexibility index (Phi) is 5.40. The fourth-order valence-electron chi connectivity index (χ4n) is 2.44. The van der Waals surface area contributed by atoms with Crippen molar-refractivity contribution in [2.24, 2.45) is 0 Å². The van der Waals surface area contributed by atoms with Gasteiger partial charge in [-0.15, -0.1) is 0 Å². The van der Waals surface area contributed by atoms with Gasteiger partial charge in [-0.2, -0.15) is 4.31 Å². The van der Waals surface area contributed by atoms with Crippen molar-refractivity contribution in [2.75, 3.05) is 13.1 Å². The quantitative estimate of drug-likeness (QED) is 0.880. The molecule has 0 aromatic heterocycles. The van der Waals surface area contributed by atoms with Gasteiger partial charge in [0.25, 0.3) is 0 Å². The third kappa shape index (κ3) is 3.84. The van der Waals surface area contributed by atoms with Gasteiger partial charge in [-0.05, 0) is 47.0 Å². The Morgan fingerprint density at radius 2 is 1.67 bits per heavy atom. The summed E-state index contributed by atoms with van der Waals surface area (Å²) in [4.78, 5) is 11.1. The first kappa shape index (κ1) is 16.5. The highest BCUT2D eigenvalue weighted by atomic mass is 79.9. The lowest BCUT2D eigenvalue weighted by molar-refractivity contribution is 0.0696. The van der Waals surface area contributed by atoms with Gasteiger partial charge in [0.2, 0.25) is 10.0 Å². The van der Waals surface area contributed by atoms with Crippen molar-refractivity contribution in [1.29, 1.82) is 0 Å². The molecule has 2 rings (SSSR count). The largest absolute Gasteiger partial charge is 0.478 e. The van der Waals surface area contributed by atoms with Gasteiger partial charge in [0.1, 0.15) is 0 Å². The van der Waals surface area contributed by atoms with Crippen LogP contribution in [0.5, 0.6) is 0 Å². The lowest BCUT2D eigenvalue weighted by Gasteiger charge is -2.24. The first-order valence-electron chi connectivity index (χ1n) is 6.96. The van der Waals surface area contributed by atoms with E-state index in [0.29, 0.717) is 17.6 Å². The van der Waals surface area contributed by atoms with Gasteiger partial charge in [-0.25, -0.2) is 13.2 Å². The minimum absolute atomic E-state index is 0.0634. The highest BCUT2D eigenvalue weighted by Gasteiger charge is 2.27. The first-order chi connectivity index (χ1) is 9.93. The van der Waals surface area contributed by atoms with Crippen molar-refractivity contribution in [3.8, 4) is 0 Å². The number of rotatable bonds is 3. The Morgan fingerprint density at radius 3 is 2.19 bits per heavy atom. The van der Waals surface area contributed by atoms with Crippen LogP contribution in [0, 0.1) is 0 Å². The lowest BCUT2D eigenvalue weighted by atomic mass is 10.1. The van der Waals surface area contributed by atoms with E-state index in [0.717, 1.165) is 32.1 Å². The smallest absolute Gasteiger partial charge is 0.335 e. The van der Waals surface area contributed by atoms with Crippen molar-refractivity contribution < 1.29 is 18.3 Å². The second-order valence-corrected chi connectivity index (χ2v) is 7.88. The molecule has 1 aliphatic rings. The normalized spacial score (nSPS) is 18.0. The molecular weight excluding hydrogens is 358 g/mol. The molecule has 7 heteroatoms. The Balaban J connectivity index is 2.31. The van der Waals surface area contributed by atoms with E-state index in [1.807, 2.05) is 0 Å². The molecule has 1 heterocycles. The van der Waals surface area contributed by atoms with Crippen LogP contribution >= 0.6 is 15.9 Å². The van der Waals surface area contributed by atoms with Crippen molar-refractivity contribution in [3.05, 3.63) is 28.2 Å². The Labute approximate surface area is 133 Å². The SMILES string of the molecule is O=C(O)c1ccc(S(=O)(=O)N2CCCCCCC2)c(Br)c1. The number of carboxylic acid groups (broad SMARTS) is 1. The van der Waals surface area contributed by atoms with E-state index in [1.165, 1.54) is 22.5 Å². The fraction of sp³-hybridized carbons (Fsp3) is 0.500. The molecule has 1 saturated heterocycles. The van der Waals surface area contributed by atoms with E-state index >= 15 is 0 Å². The standard InChI is InChI=1S/C14H18BrNO4S/c15-12-10-11(14(17)18)6-7-13(12)21(19,20)16-8-4-2-1-3-5-9-16/h6-7,10H,1-5,8-9H2,(H,17,18). The van der Waals surface area contributed by atoms with Gasteiger partial charge in [0.15, 0.2) is 0 Å². The van der Waals surface area contributed by atoms with Gasteiger partial charge in [-0.1, -0.05) is 19.3 Å². The zero-order valence-electron chi connectivity index (χ0n) is 11.6. The summed E-state index contributed by atoms with van der Waals surface area (Å²) < 4.78 is 27.2. The van der Waals surface area contributed by atoms with Gasteiger partial charge < -0.3 is 5.11 Å². The summed E-state index contributed by atoms with van der Waals surface area (Å²) in [5, 5.41) is 8.94. The number of carbonyl (C=O) groups is 1. The number of hydrogen-bond donors (Lipinski definition) is 1. The Morgan fingerprint density at radius 1 is 1.10 bits per heavy atom. The monoisotopic (exact) mass is 375 g/mol. The van der Waals surface area contributed by atoms with E-state index in [4.69, 9.17) is 5.11 Å². The van der Waals surface area contributed by atoms with Gasteiger partial charge in [0.05, 0.1) is 10.5 Å². The molecule has 116 valence electrons. The number of aromatic carboxylic acids is 1. The Bertz CT molecular complexity index is 622. The molecular formula is C14H18BrNO4S. The summed E-state index contributed by atoms with van der Waals surface area (Å²) in [5.74, 6) is -1.08. The van der Waals surface area contributed by atoms with E-state index in [9.17, 15) is 13.2 Å². The van der Waals surface area contributed by atoms with Crippen molar-refractivity contribution >= 4 is 31.9 Å². The molecule has 0 radical (unpaired) electrons. The number of hydrogen-bond acceptors (Lipinski definition) is 3. The molecule has 0 aliphatic carbocycles. The molecule has 0 unspecified atom stereocenters. The lowest BCUT2D eigenvalue weighted by Crippen LogP contribution is -2.34. The summed E-state index contributed by atoms with van der Waals surface area (Å²) in [7, 11) is -3.58. The molecule has 21 heavy (non-hydrogen) atoms. The van der Waals surface area contributed by atoms with Gasteiger partial charge >= 0.3 is 5.97 Å². The summed E-state index contributed by atoms with van der Waals surface area (Å²) in [6.45, 7) is 1.05. The zero-order chi connectivity index (χ0) is 15.5. The van der Waals surface area contributed by atoms with Crippen molar-refractivity contribution in [3.63, 3.8) is 0 Å². The molecule has 5 nitrogen and oxygen atoms in total. The molecule has 0 bridgehead atoms. The zero-order valence-corrected chi connectivity index (χ0v) is 14.0. The predicted octanol–water partition coefficient (Wildman–Crippen LogP) is 3.10. The molecule has 1 N–H and O–H groups in total. The molecule has 1 aliphatic heterocycles. The first-order valence-corrected chi connectivity index (χ1v) is 9.19. The molecule has 0 atom stereocenters. The second-order valence-electron chi connectivity index (χ2n) is 5.12. The Hall–Kier alpha value is -0.920. The summed E-state index contributed by atoms with van der Waals surface area (Å²) >= 11 is 3.18. The minimum Gasteiger partial charge on any atom is -0.478 e. The van der Waals surface area contributed by atoms with Gasteiger partial charge in [0, 0.05) is 17.6 Å². The maximum Gasteiger partial charge on any atom is 0.335 e. The average Bonchev–Trinajstić information content (AvgIpc) is 2.37. The highest BCUT2D eigenvalue weighted by Crippen LogP contribution is 2.27. The topological polar surface area (TPSA) is 74.7 Å². The van der Waals surface area contributed by atoms with Crippen molar-refractivity contribution in [2.45, 2.75) is 37.0 Å². The van der Waals surface area contributed by atoms with Crippen LogP contribution in [0.15, 0.2) is 27.6 Å². The molecule has 1 aromatic carbocycles. The number of halogens is 1. The molecule has 0 spiro atoms. The number of carboxylic acids is 1. The highest BCUT2D eigenvalue weighted by molar-refractivity contribution is 9.10. The molecule has 1 fully saturated rings. The van der Waals surface area contributed by atoms with Crippen LogP contribution in [0.1, 0.15) is 42.5 Å². The van der Waals surface area contributed by atoms with Crippen LogP contribution in [0.25, 0.3) is 0 Å². The minimum atomic E-state index is -3.58. The molecule has 1 aromatic rings. The van der Waals surface area contributed by atoms with Crippen LogP contribution < -0.4 is 0 Å². The van der Waals surface area contributed by atoms with E-state index in [-0.39, 0.29) is 10.5 Å². The number of sulfonamides is 1. The van der Waals surface area contributed by atoms with Crippen LogP contribution in [0.2, 0.25) is 0 Å². The average molecular weight is 376 g/mol. The molecule has 0 amide bonds. The summed E-state index contributed by atoms with van der Waals surface area (Å²) in [6.07, 6.45) is 4.98. The number of benzene rings is 1. The van der Waals surface area contributed by atoms with Crippen molar-refractivity contribution in [1.82, 2.24) is 4.31 Å². The maximum absolute atomic E-state index is 12.7. The molecule has 0 saturated carbocycles. The summed E-state index contributed by atoms with van der Waals surface area (Å²) in [6, 6.07) is 4.02. The van der Waals surface area contributed by atoms with Gasteiger partial charge in [-0.3, -0.25) is 0 Å². The number of nitrogens with zero attached hydrogens (tertiary/aromatic N) is 1. The third-order valence-corrected chi connectivity index (χ3v) is 6.49. The van der Waals surface area contributed by atoms with E-state index < -0.39 is 16.0 Å². The van der Waals surface area contributed by atoms with E-state index in [2.05, 4.69) is 15.9 Å². The van der Waals surface area contributed by atoms with Crippen LogP contribution in [0.3, 0.4) is 0 Å². The van der Waals surface area contributed by atoms with E-state index in [1.54, 1.807) is 0 Å². The third-order valence-electron chi connectivity index (χ3n) is 3.61. The summed E-state index contributed by atoms with van der Waals surface area (Å²) in [5.41, 5.74) is 0.0634. The van der Waals surface area contributed by atoms with Crippen LogP contribution in [-0.4, -0.2) is 36.9 Å². The second kappa shape index (κ2) is 6.89. The maximum atomic E-state index is 12.7. The van der Waals surface area contributed by atoms with Crippen LogP contribution in [0.4, 0.5) is 0 Å². The van der Waals surface area contributed by atoms with Crippen LogP contribution in [-0.2, 0) is 10.0 Å². The predicted molar refractivity (Wildman–Crippen MR) is 82.9 cm³/mol.